The molecular formula is C18H24ClFN4O3. The highest BCUT2D eigenvalue weighted by Gasteiger charge is 2.22. The topological polar surface area (TPSA) is 82.7 Å². The zero-order chi connectivity index (χ0) is 18.5. The second kappa shape index (κ2) is 9.77. The van der Waals surface area contributed by atoms with Crippen LogP contribution in [0.3, 0.4) is 0 Å². The molecule has 1 aliphatic heterocycles. The van der Waals surface area contributed by atoms with Gasteiger partial charge in [-0.05, 0) is 57.1 Å². The number of likely N-dealkylation sites (N-methyl/N-ethyl adjacent to an activating group) is 1. The summed E-state index contributed by atoms with van der Waals surface area (Å²) >= 11 is 0. The largest absolute Gasteiger partial charge is 0.480 e. The normalized spacial score (nSPS) is 18.1. The summed E-state index contributed by atoms with van der Waals surface area (Å²) in [6, 6.07) is 6.26. The van der Waals surface area contributed by atoms with Gasteiger partial charge in [0, 0.05) is 18.2 Å². The molecule has 0 amide bonds. The van der Waals surface area contributed by atoms with Crippen LogP contribution in [0, 0.1) is 5.82 Å². The second-order valence-corrected chi connectivity index (χ2v) is 6.69. The minimum absolute atomic E-state index is 0. The third-order valence-corrected chi connectivity index (χ3v) is 4.73. The lowest BCUT2D eigenvalue weighted by Crippen LogP contribution is -2.36. The summed E-state index contributed by atoms with van der Waals surface area (Å²) in [5.74, 6) is -0.118. The smallest absolute Gasteiger partial charge is 0.317 e. The van der Waals surface area contributed by atoms with Crippen LogP contribution < -0.4 is 0 Å². The average molecular weight is 399 g/mol. The number of hydrogen-bond acceptors (Lipinski definition) is 6. The third-order valence-electron chi connectivity index (χ3n) is 4.73. The number of likely N-dealkylation sites (tertiary alicyclic amines) is 1. The summed E-state index contributed by atoms with van der Waals surface area (Å²) in [5.41, 5.74) is 0.715. The van der Waals surface area contributed by atoms with Gasteiger partial charge >= 0.3 is 5.97 Å². The van der Waals surface area contributed by atoms with Gasteiger partial charge < -0.3 is 9.63 Å². The molecule has 1 aliphatic rings. The van der Waals surface area contributed by atoms with Gasteiger partial charge in [0.25, 0.3) is 0 Å². The third kappa shape index (κ3) is 5.98. The number of rotatable bonds is 6. The maximum absolute atomic E-state index is 13.0. The zero-order valence-corrected chi connectivity index (χ0v) is 16.0. The second-order valence-electron chi connectivity index (χ2n) is 6.69. The lowest BCUT2D eigenvalue weighted by atomic mass is 10.1. The summed E-state index contributed by atoms with van der Waals surface area (Å²) in [6.07, 6.45) is 2.88. The highest BCUT2D eigenvalue weighted by Crippen LogP contribution is 2.19. The molecule has 1 aromatic carbocycles. The van der Waals surface area contributed by atoms with E-state index < -0.39 is 5.97 Å². The molecule has 148 valence electrons. The molecular weight excluding hydrogens is 375 g/mol. The molecule has 1 unspecified atom stereocenters. The van der Waals surface area contributed by atoms with Crippen LogP contribution in [-0.2, 0) is 11.3 Å². The number of hydrogen-bond donors (Lipinski definition) is 1. The first kappa shape index (κ1) is 21.3. The lowest BCUT2D eigenvalue weighted by molar-refractivity contribution is -0.138. The molecule has 2 aromatic rings. The molecule has 2 heterocycles. The number of carbonyl (C=O) groups is 1. The van der Waals surface area contributed by atoms with Crippen molar-refractivity contribution in [2.75, 3.05) is 26.7 Å². The molecule has 1 atom stereocenters. The molecule has 3 rings (SSSR count). The standard InChI is InChI=1S/C18H23FN4O3.ClH/c1-22(12-17(24)25)15-3-2-9-23(10-8-15)11-16-20-18(21-26-16)13-4-6-14(19)7-5-13;/h4-7,15H,2-3,8-12H2,1H3,(H,24,25);1H. The lowest BCUT2D eigenvalue weighted by Gasteiger charge is -2.25. The molecule has 1 aromatic heterocycles. The molecule has 1 saturated heterocycles. The van der Waals surface area contributed by atoms with Crippen molar-refractivity contribution in [1.82, 2.24) is 19.9 Å². The van der Waals surface area contributed by atoms with Crippen LogP contribution in [-0.4, -0.2) is 63.7 Å². The van der Waals surface area contributed by atoms with Crippen molar-refractivity contribution in [2.24, 2.45) is 0 Å². The number of aliphatic carboxylic acids is 1. The van der Waals surface area contributed by atoms with Gasteiger partial charge in [-0.15, -0.1) is 12.4 Å². The molecule has 0 spiro atoms. The molecule has 1 N–H and O–H groups in total. The molecule has 7 nitrogen and oxygen atoms in total. The van der Waals surface area contributed by atoms with Crippen molar-refractivity contribution in [2.45, 2.75) is 31.8 Å². The summed E-state index contributed by atoms with van der Waals surface area (Å²) in [5, 5.41) is 12.9. The van der Waals surface area contributed by atoms with E-state index in [0.29, 0.717) is 23.8 Å². The Kier molecular flexibility index (Phi) is 7.70. The van der Waals surface area contributed by atoms with Crippen molar-refractivity contribution in [3.8, 4) is 11.4 Å². The first-order chi connectivity index (χ1) is 12.5. The Bertz CT molecular complexity index is 740. The first-order valence-electron chi connectivity index (χ1n) is 8.74. The van der Waals surface area contributed by atoms with E-state index in [1.165, 1.54) is 12.1 Å². The Hall–Kier alpha value is -2.03. The molecule has 27 heavy (non-hydrogen) atoms. The maximum Gasteiger partial charge on any atom is 0.317 e. The Morgan fingerprint density at radius 3 is 2.78 bits per heavy atom. The monoisotopic (exact) mass is 398 g/mol. The fraction of sp³-hybridized carbons (Fsp3) is 0.500. The van der Waals surface area contributed by atoms with Crippen LogP contribution in [0.2, 0.25) is 0 Å². The molecule has 0 bridgehead atoms. The number of aromatic nitrogens is 2. The van der Waals surface area contributed by atoms with E-state index in [1.807, 2.05) is 11.9 Å². The Morgan fingerprint density at radius 1 is 1.33 bits per heavy atom. The van der Waals surface area contributed by atoms with Gasteiger partial charge in [-0.1, -0.05) is 5.16 Å². The Labute approximate surface area is 163 Å². The average Bonchev–Trinajstić information content (AvgIpc) is 2.93. The van der Waals surface area contributed by atoms with E-state index in [9.17, 15) is 9.18 Å². The van der Waals surface area contributed by atoms with E-state index in [2.05, 4.69) is 15.0 Å². The van der Waals surface area contributed by atoms with Crippen LogP contribution in [0.1, 0.15) is 25.2 Å². The Morgan fingerprint density at radius 2 is 2.07 bits per heavy atom. The van der Waals surface area contributed by atoms with Gasteiger partial charge in [0.1, 0.15) is 5.82 Å². The first-order valence-corrected chi connectivity index (χ1v) is 8.74. The van der Waals surface area contributed by atoms with Crippen LogP contribution >= 0.6 is 12.4 Å². The van der Waals surface area contributed by atoms with Crippen LogP contribution in [0.15, 0.2) is 28.8 Å². The fourth-order valence-corrected chi connectivity index (χ4v) is 3.31. The highest BCUT2D eigenvalue weighted by atomic mass is 35.5. The number of halogens is 2. The minimum Gasteiger partial charge on any atom is -0.480 e. The zero-order valence-electron chi connectivity index (χ0n) is 15.2. The molecule has 0 aliphatic carbocycles. The van der Waals surface area contributed by atoms with Crippen LogP contribution in [0.4, 0.5) is 4.39 Å². The van der Waals surface area contributed by atoms with Gasteiger partial charge in [0.05, 0.1) is 13.1 Å². The number of nitrogens with zero attached hydrogens (tertiary/aromatic N) is 4. The number of benzene rings is 1. The quantitative estimate of drug-likeness (QED) is 0.800. The predicted octanol–water partition coefficient (Wildman–Crippen LogP) is 2.67. The summed E-state index contributed by atoms with van der Waals surface area (Å²) < 4.78 is 18.3. The van der Waals surface area contributed by atoms with Gasteiger partial charge in [-0.25, -0.2) is 4.39 Å². The van der Waals surface area contributed by atoms with E-state index in [4.69, 9.17) is 9.63 Å². The van der Waals surface area contributed by atoms with E-state index in [0.717, 1.165) is 32.4 Å². The van der Waals surface area contributed by atoms with Crippen molar-refractivity contribution in [3.05, 3.63) is 36.0 Å². The van der Waals surface area contributed by atoms with Gasteiger partial charge in [0.15, 0.2) is 0 Å². The number of carboxylic acids is 1. The summed E-state index contributed by atoms with van der Waals surface area (Å²) in [6.45, 7) is 2.38. The minimum atomic E-state index is -0.798. The van der Waals surface area contributed by atoms with E-state index >= 15 is 0 Å². The van der Waals surface area contributed by atoms with Crippen molar-refractivity contribution >= 4 is 18.4 Å². The van der Waals surface area contributed by atoms with E-state index in [1.54, 1.807) is 12.1 Å². The molecule has 9 heteroatoms. The molecule has 1 fully saturated rings. The predicted molar refractivity (Wildman–Crippen MR) is 100 cm³/mol. The Balaban J connectivity index is 0.00000261. The molecule has 0 radical (unpaired) electrons. The summed E-state index contributed by atoms with van der Waals surface area (Å²) in [7, 11) is 1.86. The molecule has 0 saturated carbocycles. The fourth-order valence-electron chi connectivity index (χ4n) is 3.31. The van der Waals surface area contributed by atoms with Crippen LogP contribution in [0.25, 0.3) is 11.4 Å². The highest BCUT2D eigenvalue weighted by molar-refractivity contribution is 5.85. The van der Waals surface area contributed by atoms with Gasteiger partial charge in [-0.2, -0.15) is 4.98 Å². The van der Waals surface area contributed by atoms with Crippen molar-refractivity contribution in [1.29, 1.82) is 0 Å². The van der Waals surface area contributed by atoms with E-state index in [-0.39, 0.29) is 30.8 Å². The maximum atomic E-state index is 13.0. The van der Waals surface area contributed by atoms with Crippen molar-refractivity contribution < 1.29 is 18.8 Å². The van der Waals surface area contributed by atoms with Gasteiger partial charge in [0.2, 0.25) is 11.7 Å². The number of carboxylic acid groups (broad SMARTS) is 1. The van der Waals surface area contributed by atoms with Gasteiger partial charge in [-0.3, -0.25) is 14.6 Å². The summed E-state index contributed by atoms with van der Waals surface area (Å²) in [4.78, 5) is 19.4. The van der Waals surface area contributed by atoms with Crippen molar-refractivity contribution in [3.63, 3.8) is 0 Å². The van der Waals surface area contributed by atoms with Crippen LogP contribution in [0.5, 0.6) is 0 Å². The SMILES string of the molecule is CN(CC(=O)O)C1CCCN(Cc2nc(-c3ccc(F)cc3)no2)CC1.Cl.